The van der Waals surface area contributed by atoms with Crippen molar-refractivity contribution in [2.45, 2.75) is 75.5 Å². The van der Waals surface area contributed by atoms with Crippen LogP contribution in [0, 0.1) is 0 Å². The van der Waals surface area contributed by atoms with E-state index in [0.29, 0.717) is 30.0 Å². The maximum Gasteiger partial charge on any atom is 0.417 e. The summed E-state index contributed by atoms with van der Waals surface area (Å²) >= 11 is 6.08. The van der Waals surface area contributed by atoms with Gasteiger partial charge in [-0.15, -0.1) is 0 Å². The summed E-state index contributed by atoms with van der Waals surface area (Å²) in [4.78, 5) is 35.2. The Morgan fingerprint density at radius 2 is 1.67 bits per heavy atom. The molecule has 0 unspecified atom stereocenters. The summed E-state index contributed by atoms with van der Waals surface area (Å²) in [6.45, 7) is 2.33. The first-order chi connectivity index (χ1) is 22.7. The number of amides is 2. The number of benzene rings is 2. The minimum atomic E-state index is -4.84. The van der Waals surface area contributed by atoms with Crippen LogP contribution >= 0.6 is 11.6 Å². The van der Waals surface area contributed by atoms with Crippen LogP contribution in [0.2, 0.25) is 5.02 Å². The van der Waals surface area contributed by atoms with E-state index in [1.165, 1.54) is 4.90 Å². The zero-order valence-electron chi connectivity index (χ0n) is 26.0. The van der Waals surface area contributed by atoms with Crippen molar-refractivity contribution in [2.75, 3.05) is 19.6 Å². The summed E-state index contributed by atoms with van der Waals surface area (Å²) in [7, 11) is 0. The molecule has 2 atom stereocenters. The molecule has 3 heterocycles. The van der Waals surface area contributed by atoms with E-state index in [9.17, 15) is 35.9 Å². The number of piperidine rings is 2. The van der Waals surface area contributed by atoms with Crippen LogP contribution in [-0.4, -0.2) is 64.0 Å². The van der Waals surface area contributed by atoms with Crippen molar-refractivity contribution in [3.8, 4) is 11.5 Å². The SMILES string of the molecule is CCC[C@H]1N(C(=O)c2cnccc2C(F)(F)F)CCC[C@@]1(Oc1ccc(C(F)(F)F)cc1)C(=O)N1CCC(Oc2cccc(Cl)c2)CC1. The second-order valence-electron chi connectivity index (χ2n) is 11.9. The number of alkyl halides is 6. The Bertz CT molecular complexity index is 1590. The van der Waals surface area contributed by atoms with Gasteiger partial charge in [0.15, 0.2) is 0 Å². The molecular weight excluding hydrogens is 664 g/mol. The number of rotatable bonds is 8. The van der Waals surface area contributed by atoms with Gasteiger partial charge in [0, 0.05) is 56.3 Å². The maximum absolute atomic E-state index is 14.7. The molecule has 258 valence electrons. The van der Waals surface area contributed by atoms with Gasteiger partial charge >= 0.3 is 12.4 Å². The summed E-state index contributed by atoms with van der Waals surface area (Å²) in [6.07, 6.45) is -6.12. The van der Waals surface area contributed by atoms with Crippen LogP contribution in [0.3, 0.4) is 0 Å². The number of hydrogen-bond acceptors (Lipinski definition) is 5. The fourth-order valence-electron chi connectivity index (χ4n) is 6.47. The van der Waals surface area contributed by atoms with Crippen LogP contribution in [0.15, 0.2) is 67.0 Å². The molecule has 1 aromatic heterocycles. The third-order valence-electron chi connectivity index (χ3n) is 8.71. The van der Waals surface area contributed by atoms with Crippen LogP contribution in [-0.2, 0) is 17.1 Å². The van der Waals surface area contributed by atoms with Crippen molar-refractivity contribution in [1.29, 1.82) is 0 Å². The van der Waals surface area contributed by atoms with Crippen molar-refractivity contribution in [1.82, 2.24) is 14.8 Å². The highest BCUT2D eigenvalue weighted by Gasteiger charge is 2.56. The van der Waals surface area contributed by atoms with E-state index in [0.717, 1.165) is 42.7 Å². The van der Waals surface area contributed by atoms with Crippen molar-refractivity contribution in [3.63, 3.8) is 0 Å². The molecule has 14 heteroatoms. The number of ether oxygens (including phenoxy) is 2. The van der Waals surface area contributed by atoms with Crippen LogP contribution in [0.25, 0.3) is 0 Å². The van der Waals surface area contributed by atoms with Gasteiger partial charge in [-0.05, 0) is 61.4 Å². The molecule has 0 spiro atoms. The molecule has 2 fully saturated rings. The summed E-state index contributed by atoms with van der Waals surface area (Å²) in [5, 5.41) is 0.509. The molecule has 2 aliphatic rings. The van der Waals surface area contributed by atoms with E-state index in [1.54, 1.807) is 36.1 Å². The first-order valence-electron chi connectivity index (χ1n) is 15.6. The van der Waals surface area contributed by atoms with Gasteiger partial charge in [-0.2, -0.15) is 26.3 Å². The Kier molecular flexibility index (Phi) is 10.5. The normalized spacial score (nSPS) is 20.8. The molecule has 2 amide bonds. The zero-order valence-corrected chi connectivity index (χ0v) is 26.7. The lowest BCUT2D eigenvalue weighted by Gasteiger charge is -2.50. The second kappa shape index (κ2) is 14.2. The number of likely N-dealkylation sites (tertiary alicyclic amines) is 2. The summed E-state index contributed by atoms with van der Waals surface area (Å²) in [5.41, 5.74) is -4.54. The Morgan fingerprint density at radius 1 is 0.958 bits per heavy atom. The third kappa shape index (κ3) is 7.66. The fraction of sp³-hybridized carbons (Fsp3) is 0.441. The van der Waals surface area contributed by atoms with Crippen LogP contribution in [0.1, 0.15) is 66.9 Å². The molecule has 3 aromatic rings. The number of nitrogens with zero attached hydrogens (tertiary/aromatic N) is 3. The van der Waals surface area contributed by atoms with Gasteiger partial charge in [0.2, 0.25) is 5.60 Å². The first kappa shape index (κ1) is 35.3. The van der Waals surface area contributed by atoms with Crippen LogP contribution in [0.4, 0.5) is 26.3 Å². The van der Waals surface area contributed by atoms with E-state index in [4.69, 9.17) is 21.1 Å². The van der Waals surface area contributed by atoms with Gasteiger partial charge in [-0.25, -0.2) is 0 Å². The van der Waals surface area contributed by atoms with Crippen LogP contribution in [0.5, 0.6) is 11.5 Å². The van der Waals surface area contributed by atoms with Crippen LogP contribution < -0.4 is 9.47 Å². The number of carbonyl (C=O) groups is 2. The molecule has 2 aromatic carbocycles. The van der Waals surface area contributed by atoms with Crippen molar-refractivity contribution in [3.05, 3.63) is 88.7 Å². The van der Waals surface area contributed by atoms with Crippen molar-refractivity contribution >= 4 is 23.4 Å². The molecule has 0 saturated carbocycles. The van der Waals surface area contributed by atoms with E-state index >= 15 is 0 Å². The lowest BCUT2D eigenvalue weighted by atomic mass is 9.79. The molecular formula is C34H34ClF6N3O4. The Hall–Kier alpha value is -4.00. The predicted molar refractivity (Wildman–Crippen MR) is 165 cm³/mol. The predicted octanol–water partition coefficient (Wildman–Crippen LogP) is 8.07. The number of pyridine rings is 1. The largest absolute Gasteiger partial charge is 0.490 e. The zero-order chi connectivity index (χ0) is 34.7. The minimum absolute atomic E-state index is 0.0383. The highest BCUT2D eigenvalue weighted by molar-refractivity contribution is 6.30. The smallest absolute Gasteiger partial charge is 0.417 e. The van der Waals surface area contributed by atoms with Crippen molar-refractivity contribution in [2.24, 2.45) is 0 Å². The number of aromatic nitrogens is 1. The van der Waals surface area contributed by atoms with E-state index in [-0.39, 0.29) is 50.8 Å². The average Bonchev–Trinajstić information content (AvgIpc) is 3.05. The molecule has 48 heavy (non-hydrogen) atoms. The monoisotopic (exact) mass is 697 g/mol. The summed E-state index contributed by atoms with van der Waals surface area (Å²) in [5.74, 6) is -0.923. The lowest BCUT2D eigenvalue weighted by molar-refractivity contribution is -0.161. The van der Waals surface area contributed by atoms with Gasteiger partial charge in [-0.3, -0.25) is 14.6 Å². The number of hydrogen-bond donors (Lipinski definition) is 0. The molecule has 5 rings (SSSR count). The highest BCUT2D eigenvalue weighted by Crippen LogP contribution is 2.41. The summed E-state index contributed by atoms with van der Waals surface area (Å²) < 4.78 is 94.4. The number of halogens is 7. The standard InChI is InChI=1S/C34H34ClF6N3O4/c1-2-5-29-32(48-25-10-8-22(9-11-25)33(36,37)38,15-4-17-44(29)30(45)27-21-42-16-12-28(27)34(39,40)41)31(46)43-18-13-24(14-19-43)47-26-7-3-6-23(35)20-26/h3,6-12,16,20-21,24,29H,2,4-5,13-15,17-19H2,1H3/t29-,32+/m1/s1. The summed E-state index contributed by atoms with van der Waals surface area (Å²) in [6, 6.07) is 10.5. The Morgan fingerprint density at radius 3 is 2.29 bits per heavy atom. The molecule has 0 aliphatic carbocycles. The Labute approximate surface area is 278 Å². The second-order valence-corrected chi connectivity index (χ2v) is 12.3. The first-order valence-corrected chi connectivity index (χ1v) is 16.0. The van der Waals surface area contributed by atoms with Gasteiger partial charge in [-0.1, -0.05) is 31.0 Å². The molecule has 2 saturated heterocycles. The fourth-order valence-corrected chi connectivity index (χ4v) is 6.65. The molecule has 7 nitrogen and oxygen atoms in total. The van der Waals surface area contributed by atoms with E-state index < -0.39 is 52.5 Å². The average molecular weight is 698 g/mol. The third-order valence-corrected chi connectivity index (χ3v) is 8.95. The highest BCUT2D eigenvalue weighted by atomic mass is 35.5. The maximum atomic E-state index is 14.7. The van der Waals surface area contributed by atoms with E-state index in [1.807, 2.05) is 0 Å². The van der Waals surface area contributed by atoms with E-state index in [2.05, 4.69) is 4.98 Å². The lowest BCUT2D eigenvalue weighted by Crippen LogP contribution is -2.68. The molecule has 0 N–H and O–H groups in total. The Balaban J connectivity index is 1.49. The van der Waals surface area contributed by atoms with Gasteiger partial charge in [0.05, 0.1) is 22.7 Å². The van der Waals surface area contributed by atoms with Gasteiger partial charge < -0.3 is 19.3 Å². The van der Waals surface area contributed by atoms with Crippen molar-refractivity contribution < 1.29 is 45.4 Å². The number of carbonyl (C=O) groups excluding carboxylic acids is 2. The van der Waals surface area contributed by atoms with Gasteiger partial charge in [0.25, 0.3) is 11.8 Å². The molecule has 0 radical (unpaired) electrons. The topological polar surface area (TPSA) is 72.0 Å². The molecule has 0 bridgehead atoms. The van der Waals surface area contributed by atoms with Gasteiger partial charge in [0.1, 0.15) is 17.6 Å². The molecule has 2 aliphatic heterocycles. The quantitative estimate of drug-likeness (QED) is 0.223. The minimum Gasteiger partial charge on any atom is -0.490 e.